The van der Waals surface area contributed by atoms with Crippen molar-refractivity contribution in [2.75, 3.05) is 26.3 Å². The van der Waals surface area contributed by atoms with Gasteiger partial charge in [0.1, 0.15) is 0 Å². The topological polar surface area (TPSA) is 21.3 Å². The minimum absolute atomic E-state index is 0.627. The van der Waals surface area contributed by atoms with Crippen LogP contribution in [0, 0.1) is 11.3 Å². The number of hydrogen-bond acceptors (Lipinski definition) is 2. The molecule has 1 aliphatic heterocycles. The average molecular weight is 155 g/mol. The van der Waals surface area contributed by atoms with E-state index in [0.717, 1.165) is 25.7 Å². The first-order valence-corrected chi connectivity index (χ1v) is 4.66. The zero-order valence-electron chi connectivity index (χ0n) is 7.23. The summed E-state index contributed by atoms with van der Waals surface area (Å²) in [5, 5.41) is 3.41. The van der Waals surface area contributed by atoms with Crippen LogP contribution in [0.3, 0.4) is 0 Å². The third-order valence-corrected chi connectivity index (χ3v) is 3.13. The van der Waals surface area contributed by atoms with Gasteiger partial charge in [0.15, 0.2) is 0 Å². The molecule has 1 aliphatic carbocycles. The molecule has 2 aliphatic rings. The molecule has 0 aromatic heterocycles. The molecule has 1 saturated carbocycles. The highest BCUT2D eigenvalue weighted by Gasteiger charge is 2.55. The zero-order chi connectivity index (χ0) is 7.73. The van der Waals surface area contributed by atoms with Crippen LogP contribution >= 0.6 is 0 Å². The predicted molar refractivity (Wildman–Crippen MR) is 44.5 cm³/mol. The summed E-state index contributed by atoms with van der Waals surface area (Å²) in [6.07, 6.45) is 2.71. The summed E-state index contributed by atoms with van der Waals surface area (Å²) in [7, 11) is 0. The molecule has 2 rings (SSSR count). The van der Waals surface area contributed by atoms with Crippen molar-refractivity contribution in [2.45, 2.75) is 19.8 Å². The van der Waals surface area contributed by atoms with Gasteiger partial charge in [-0.3, -0.25) is 0 Å². The Morgan fingerprint density at radius 1 is 1.64 bits per heavy atom. The monoisotopic (exact) mass is 155 g/mol. The van der Waals surface area contributed by atoms with Crippen LogP contribution in [-0.2, 0) is 4.74 Å². The highest BCUT2D eigenvalue weighted by Crippen LogP contribution is 2.57. The Kier molecular flexibility index (Phi) is 1.90. The van der Waals surface area contributed by atoms with Gasteiger partial charge in [0.05, 0.1) is 6.61 Å². The standard InChI is InChI=1S/C9H17NO/c1-2-10-6-8-5-9(8)3-4-11-7-9/h8,10H,2-7H2,1H3. The summed E-state index contributed by atoms with van der Waals surface area (Å²) in [5.74, 6) is 0.921. The van der Waals surface area contributed by atoms with E-state index in [-0.39, 0.29) is 0 Å². The molecule has 64 valence electrons. The smallest absolute Gasteiger partial charge is 0.0526 e. The largest absolute Gasteiger partial charge is 0.381 e. The molecule has 1 N–H and O–H groups in total. The summed E-state index contributed by atoms with van der Waals surface area (Å²) >= 11 is 0. The minimum Gasteiger partial charge on any atom is -0.381 e. The normalized spacial score (nSPS) is 41.7. The molecule has 0 radical (unpaired) electrons. The van der Waals surface area contributed by atoms with Gasteiger partial charge in [-0.1, -0.05) is 6.92 Å². The summed E-state index contributed by atoms with van der Waals surface area (Å²) < 4.78 is 5.40. The molecule has 0 amide bonds. The van der Waals surface area contributed by atoms with Crippen molar-refractivity contribution in [2.24, 2.45) is 11.3 Å². The van der Waals surface area contributed by atoms with Crippen LogP contribution in [0.2, 0.25) is 0 Å². The van der Waals surface area contributed by atoms with Gasteiger partial charge in [-0.25, -0.2) is 0 Å². The van der Waals surface area contributed by atoms with Crippen LogP contribution in [-0.4, -0.2) is 26.3 Å². The Labute approximate surface area is 68.3 Å². The van der Waals surface area contributed by atoms with Gasteiger partial charge in [-0.2, -0.15) is 0 Å². The maximum Gasteiger partial charge on any atom is 0.0526 e. The highest BCUT2D eigenvalue weighted by atomic mass is 16.5. The summed E-state index contributed by atoms with van der Waals surface area (Å²) in [6.45, 7) is 6.51. The SMILES string of the molecule is CCNCC1CC12CCOC2. The average Bonchev–Trinajstić information content (AvgIpc) is 2.41. The predicted octanol–water partition coefficient (Wildman–Crippen LogP) is 1.02. The quantitative estimate of drug-likeness (QED) is 0.657. The lowest BCUT2D eigenvalue weighted by atomic mass is 10.0. The van der Waals surface area contributed by atoms with Crippen LogP contribution in [0.1, 0.15) is 19.8 Å². The van der Waals surface area contributed by atoms with Crippen molar-refractivity contribution in [1.82, 2.24) is 5.32 Å². The molecule has 2 heteroatoms. The second kappa shape index (κ2) is 2.76. The maximum absolute atomic E-state index is 5.40. The van der Waals surface area contributed by atoms with E-state index in [0.29, 0.717) is 5.41 Å². The number of rotatable bonds is 3. The van der Waals surface area contributed by atoms with E-state index in [2.05, 4.69) is 12.2 Å². The van der Waals surface area contributed by atoms with E-state index in [1.165, 1.54) is 19.4 Å². The third-order valence-electron chi connectivity index (χ3n) is 3.13. The summed E-state index contributed by atoms with van der Waals surface area (Å²) in [5.41, 5.74) is 0.627. The Balaban J connectivity index is 1.75. The first-order valence-electron chi connectivity index (χ1n) is 4.66. The molecule has 1 saturated heterocycles. The van der Waals surface area contributed by atoms with Crippen molar-refractivity contribution >= 4 is 0 Å². The summed E-state index contributed by atoms with van der Waals surface area (Å²) in [4.78, 5) is 0. The van der Waals surface area contributed by atoms with Crippen LogP contribution in [0.25, 0.3) is 0 Å². The second-order valence-electron chi connectivity index (χ2n) is 3.87. The lowest BCUT2D eigenvalue weighted by Crippen LogP contribution is -2.19. The van der Waals surface area contributed by atoms with Gasteiger partial charge in [-0.05, 0) is 31.8 Å². The molecule has 0 bridgehead atoms. The molecule has 0 aromatic rings. The van der Waals surface area contributed by atoms with Crippen molar-refractivity contribution < 1.29 is 4.74 Å². The highest BCUT2D eigenvalue weighted by molar-refractivity contribution is 5.04. The molecule has 1 spiro atoms. The second-order valence-corrected chi connectivity index (χ2v) is 3.87. The Bertz CT molecular complexity index is 140. The van der Waals surface area contributed by atoms with Gasteiger partial charge < -0.3 is 10.1 Å². The number of ether oxygens (including phenoxy) is 1. The van der Waals surface area contributed by atoms with E-state index in [9.17, 15) is 0 Å². The zero-order valence-corrected chi connectivity index (χ0v) is 7.23. The van der Waals surface area contributed by atoms with Crippen LogP contribution < -0.4 is 5.32 Å². The lowest BCUT2D eigenvalue weighted by molar-refractivity contribution is 0.178. The van der Waals surface area contributed by atoms with Crippen LogP contribution in [0.15, 0.2) is 0 Å². The van der Waals surface area contributed by atoms with Gasteiger partial charge in [0, 0.05) is 12.0 Å². The van der Waals surface area contributed by atoms with Crippen molar-refractivity contribution in [3.63, 3.8) is 0 Å². The fourth-order valence-corrected chi connectivity index (χ4v) is 2.15. The van der Waals surface area contributed by atoms with Crippen LogP contribution in [0.5, 0.6) is 0 Å². The molecule has 2 nitrogen and oxygen atoms in total. The molecular formula is C9H17NO. The van der Waals surface area contributed by atoms with Crippen molar-refractivity contribution in [1.29, 1.82) is 0 Å². The Hall–Kier alpha value is -0.0800. The number of nitrogens with one attached hydrogen (secondary N) is 1. The maximum atomic E-state index is 5.40. The van der Waals surface area contributed by atoms with Crippen molar-refractivity contribution in [3.05, 3.63) is 0 Å². The first-order chi connectivity index (χ1) is 5.37. The third kappa shape index (κ3) is 1.30. The fourth-order valence-electron chi connectivity index (χ4n) is 2.15. The molecule has 2 unspecified atom stereocenters. The fraction of sp³-hybridized carbons (Fsp3) is 1.00. The summed E-state index contributed by atoms with van der Waals surface area (Å²) in [6, 6.07) is 0. The van der Waals surface area contributed by atoms with E-state index in [1.54, 1.807) is 0 Å². The molecule has 11 heavy (non-hydrogen) atoms. The molecule has 0 aromatic carbocycles. The molecule has 2 fully saturated rings. The van der Waals surface area contributed by atoms with Gasteiger partial charge in [0.2, 0.25) is 0 Å². The minimum atomic E-state index is 0.627. The van der Waals surface area contributed by atoms with Crippen LogP contribution in [0.4, 0.5) is 0 Å². The van der Waals surface area contributed by atoms with E-state index in [4.69, 9.17) is 4.74 Å². The van der Waals surface area contributed by atoms with Gasteiger partial charge in [0.25, 0.3) is 0 Å². The lowest BCUT2D eigenvalue weighted by Gasteiger charge is -2.05. The Morgan fingerprint density at radius 2 is 2.55 bits per heavy atom. The van der Waals surface area contributed by atoms with E-state index >= 15 is 0 Å². The number of hydrogen-bond donors (Lipinski definition) is 1. The molecule has 1 heterocycles. The van der Waals surface area contributed by atoms with Crippen molar-refractivity contribution in [3.8, 4) is 0 Å². The van der Waals surface area contributed by atoms with E-state index < -0.39 is 0 Å². The van der Waals surface area contributed by atoms with Gasteiger partial charge >= 0.3 is 0 Å². The van der Waals surface area contributed by atoms with E-state index in [1.807, 2.05) is 0 Å². The Morgan fingerprint density at radius 3 is 3.18 bits per heavy atom. The molecule has 2 atom stereocenters. The van der Waals surface area contributed by atoms with Gasteiger partial charge in [-0.15, -0.1) is 0 Å². The first kappa shape index (κ1) is 7.56. The molecular weight excluding hydrogens is 138 g/mol.